The molecule has 0 spiro atoms. The maximum absolute atomic E-state index is 12.6. The van der Waals surface area contributed by atoms with Crippen LogP contribution in [0.2, 0.25) is 0 Å². The van der Waals surface area contributed by atoms with E-state index in [4.69, 9.17) is 14.2 Å². The first-order valence-corrected chi connectivity index (χ1v) is 12.2. The number of ether oxygens (including phenoxy) is 3. The number of morpholine rings is 2. The number of nitrogens with one attached hydrogen (secondary N) is 1. The van der Waals surface area contributed by atoms with Crippen molar-refractivity contribution >= 4 is 17.5 Å². The van der Waals surface area contributed by atoms with Crippen LogP contribution in [0.1, 0.15) is 37.9 Å². The van der Waals surface area contributed by atoms with Crippen LogP contribution in [0.4, 0.5) is 16.2 Å². The molecule has 0 saturated carbocycles. The Kier molecular flexibility index (Phi) is 7.95. The maximum Gasteiger partial charge on any atom is 0.408 e. The molecule has 2 aromatic rings. The zero-order valence-corrected chi connectivity index (χ0v) is 20.6. The lowest BCUT2D eigenvalue weighted by Gasteiger charge is -2.30. The molecule has 1 unspecified atom stereocenters. The van der Waals surface area contributed by atoms with Crippen molar-refractivity contribution in [2.24, 2.45) is 0 Å². The van der Waals surface area contributed by atoms with Gasteiger partial charge in [0, 0.05) is 37.6 Å². The van der Waals surface area contributed by atoms with Crippen molar-refractivity contribution in [2.75, 3.05) is 62.4 Å². The molecule has 1 atom stereocenters. The molecule has 2 aromatic carbocycles. The Morgan fingerprint density at radius 2 is 1.32 bits per heavy atom. The zero-order chi connectivity index (χ0) is 24.0. The van der Waals surface area contributed by atoms with Gasteiger partial charge in [-0.05, 0) is 62.6 Å². The van der Waals surface area contributed by atoms with Gasteiger partial charge < -0.3 is 29.3 Å². The minimum Gasteiger partial charge on any atom is -0.444 e. The van der Waals surface area contributed by atoms with Gasteiger partial charge >= 0.3 is 6.09 Å². The second-order valence-corrected chi connectivity index (χ2v) is 9.86. The van der Waals surface area contributed by atoms with E-state index >= 15 is 0 Å². The van der Waals surface area contributed by atoms with E-state index < -0.39 is 11.7 Å². The summed E-state index contributed by atoms with van der Waals surface area (Å²) in [6.45, 7) is 12.3. The van der Waals surface area contributed by atoms with E-state index in [2.05, 4.69) is 63.6 Å². The number of amides is 1. The number of hydrogen-bond donors (Lipinski definition) is 1. The maximum atomic E-state index is 12.6. The van der Waals surface area contributed by atoms with E-state index in [-0.39, 0.29) is 6.04 Å². The van der Waals surface area contributed by atoms with Crippen LogP contribution in [-0.4, -0.2) is 64.3 Å². The molecule has 2 saturated heterocycles. The van der Waals surface area contributed by atoms with Gasteiger partial charge in [0.15, 0.2) is 0 Å². The summed E-state index contributed by atoms with van der Waals surface area (Å²) in [5.41, 5.74) is 4.06. The second kappa shape index (κ2) is 11.1. The normalized spacial score (nSPS) is 17.9. The molecule has 1 N–H and O–H groups in total. The molecule has 0 radical (unpaired) electrons. The van der Waals surface area contributed by atoms with Crippen LogP contribution < -0.4 is 15.1 Å². The number of carbonyl (C=O) groups excluding carboxylic acids is 1. The second-order valence-electron chi connectivity index (χ2n) is 9.86. The van der Waals surface area contributed by atoms with Gasteiger partial charge in [-0.3, -0.25) is 0 Å². The Balaban J connectivity index is 1.48. The number of anilines is 2. The van der Waals surface area contributed by atoms with E-state index in [9.17, 15) is 4.79 Å². The lowest BCUT2D eigenvalue weighted by Crippen LogP contribution is -2.36. The first-order valence-electron chi connectivity index (χ1n) is 12.2. The van der Waals surface area contributed by atoms with E-state index in [1.54, 1.807) is 0 Å². The summed E-state index contributed by atoms with van der Waals surface area (Å²) in [7, 11) is 0. The van der Waals surface area contributed by atoms with Crippen LogP contribution in [0, 0.1) is 0 Å². The first kappa shape index (κ1) is 24.4. The molecule has 34 heavy (non-hydrogen) atoms. The summed E-state index contributed by atoms with van der Waals surface area (Å²) in [4.78, 5) is 17.3. The largest absolute Gasteiger partial charge is 0.444 e. The van der Waals surface area contributed by atoms with Crippen molar-refractivity contribution in [3.05, 3.63) is 59.7 Å². The van der Waals surface area contributed by atoms with E-state index in [1.165, 1.54) is 11.4 Å². The molecule has 184 valence electrons. The molecule has 0 aromatic heterocycles. The molecule has 2 fully saturated rings. The summed E-state index contributed by atoms with van der Waals surface area (Å²) >= 11 is 0. The highest BCUT2D eigenvalue weighted by Gasteiger charge is 2.22. The molecule has 2 aliphatic heterocycles. The van der Waals surface area contributed by atoms with Gasteiger partial charge in [-0.25, -0.2) is 4.79 Å². The minimum atomic E-state index is -0.547. The summed E-state index contributed by atoms with van der Waals surface area (Å²) in [6.07, 6.45) is 0.277. The fourth-order valence-electron chi connectivity index (χ4n) is 4.34. The topological polar surface area (TPSA) is 63.3 Å². The van der Waals surface area contributed by atoms with Crippen LogP contribution in [0.25, 0.3) is 0 Å². The third-order valence-electron chi connectivity index (χ3n) is 6.12. The highest BCUT2D eigenvalue weighted by atomic mass is 16.6. The van der Waals surface area contributed by atoms with Gasteiger partial charge in [0.25, 0.3) is 0 Å². The van der Waals surface area contributed by atoms with Crippen molar-refractivity contribution in [1.29, 1.82) is 0 Å². The molecule has 0 bridgehead atoms. The van der Waals surface area contributed by atoms with E-state index in [0.29, 0.717) is 6.42 Å². The molecule has 2 heterocycles. The Hall–Kier alpha value is -2.77. The fourth-order valence-corrected chi connectivity index (χ4v) is 4.34. The summed E-state index contributed by atoms with van der Waals surface area (Å²) in [5, 5.41) is 3.09. The summed E-state index contributed by atoms with van der Waals surface area (Å²) in [5.74, 6) is 0. The molecular formula is C27H37N3O4. The van der Waals surface area contributed by atoms with Crippen molar-refractivity contribution in [1.82, 2.24) is 5.32 Å². The number of benzene rings is 2. The average Bonchev–Trinajstić information content (AvgIpc) is 2.84. The summed E-state index contributed by atoms with van der Waals surface area (Å²) < 4.78 is 16.5. The molecule has 0 aliphatic carbocycles. The SMILES string of the molecule is CC(C)(C)OC(=O)NC(Cc1ccc(N2CCOCC2)cc1)c1ccc(N2CCOCC2)cc1. The molecule has 7 nitrogen and oxygen atoms in total. The molecular weight excluding hydrogens is 430 g/mol. The van der Waals surface area contributed by atoms with E-state index in [0.717, 1.165) is 63.7 Å². The third-order valence-corrected chi connectivity index (χ3v) is 6.12. The summed E-state index contributed by atoms with van der Waals surface area (Å²) in [6, 6.07) is 16.9. The van der Waals surface area contributed by atoms with Crippen LogP contribution in [-0.2, 0) is 20.6 Å². The van der Waals surface area contributed by atoms with Crippen LogP contribution >= 0.6 is 0 Å². The van der Waals surface area contributed by atoms with Crippen molar-refractivity contribution in [3.63, 3.8) is 0 Å². The highest BCUT2D eigenvalue weighted by molar-refractivity contribution is 5.68. The van der Waals surface area contributed by atoms with E-state index in [1.807, 2.05) is 20.8 Å². The Labute approximate surface area is 203 Å². The molecule has 1 amide bonds. The van der Waals surface area contributed by atoms with Gasteiger partial charge in [-0.1, -0.05) is 24.3 Å². The van der Waals surface area contributed by atoms with Crippen molar-refractivity contribution < 1.29 is 19.0 Å². The quantitative estimate of drug-likeness (QED) is 0.688. The van der Waals surface area contributed by atoms with Crippen molar-refractivity contribution in [3.8, 4) is 0 Å². The van der Waals surface area contributed by atoms with Gasteiger partial charge in [0.05, 0.1) is 32.5 Å². The lowest BCUT2D eigenvalue weighted by molar-refractivity contribution is 0.0503. The highest BCUT2D eigenvalue weighted by Crippen LogP contribution is 2.25. The Morgan fingerprint density at radius 1 is 0.853 bits per heavy atom. The zero-order valence-electron chi connectivity index (χ0n) is 20.6. The number of alkyl carbamates (subject to hydrolysis) is 1. The molecule has 4 rings (SSSR count). The molecule has 7 heteroatoms. The van der Waals surface area contributed by atoms with Crippen molar-refractivity contribution in [2.45, 2.75) is 38.8 Å². The predicted octanol–water partition coefficient (Wildman–Crippen LogP) is 4.17. The third kappa shape index (κ3) is 6.87. The Bertz CT molecular complexity index is 912. The number of carbonyl (C=O) groups is 1. The lowest BCUT2D eigenvalue weighted by atomic mass is 9.98. The van der Waals surface area contributed by atoms with Crippen LogP contribution in [0.5, 0.6) is 0 Å². The molecule has 2 aliphatic rings. The number of nitrogens with zero attached hydrogens (tertiary/aromatic N) is 2. The predicted molar refractivity (Wildman–Crippen MR) is 135 cm³/mol. The Morgan fingerprint density at radius 3 is 1.79 bits per heavy atom. The fraction of sp³-hybridized carbons (Fsp3) is 0.519. The van der Waals surface area contributed by atoms with Gasteiger partial charge in [0.2, 0.25) is 0 Å². The first-order chi connectivity index (χ1) is 16.4. The monoisotopic (exact) mass is 467 g/mol. The average molecular weight is 468 g/mol. The van der Waals surface area contributed by atoms with Crippen LogP contribution in [0.3, 0.4) is 0 Å². The van der Waals surface area contributed by atoms with Gasteiger partial charge in [-0.2, -0.15) is 0 Å². The number of rotatable bonds is 6. The van der Waals surface area contributed by atoms with Gasteiger partial charge in [-0.15, -0.1) is 0 Å². The smallest absolute Gasteiger partial charge is 0.408 e. The van der Waals surface area contributed by atoms with Crippen LogP contribution in [0.15, 0.2) is 48.5 Å². The standard InChI is InChI=1S/C27H37N3O4/c1-27(2,3)34-26(31)28-25(22-6-10-24(11-7-22)30-14-18-33-19-15-30)20-21-4-8-23(9-5-21)29-12-16-32-17-13-29/h4-11,25H,12-20H2,1-3H3,(H,28,31). The number of hydrogen-bond acceptors (Lipinski definition) is 6. The minimum absolute atomic E-state index is 0.192. The van der Waals surface area contributed by atoms with Gasteiger partial charge in [0.1, 0.15) is 5.60 Å².